The second kappa shape index (κ2) is 31.0. The van der Waals surface area contributed by atoms with Crippen LogP contribution in [0.1, 0.15) is 162 Å². The van der Waals surface area contributed by atoms with Crippen LogP contribution in [-0.4, -0.2) is 68.5 Å². The molecule has 0 rings (SSSR count). The van der Waals surface area contributed by atoms with E-state index in [0.29, 0.717) is 23.9 Å². The molecule has 9 heteroatoms. The summed E-state index contributed by atoms with van der Waals surface area (Å²) >= 11 is 0. The van der Waals surface area contributed by atoms with E-state index in [1.165, 1.54) is 83.5 Å². The van der Waals surface area contributed by atoms with E-state index in [-0.39, 0.29) is 19.1 Å². The van der Waals surface area contributed by atoms with Crippen LogP contribution in [0.4, 0.5) is 0 Å². The highest BCUT2D eigenvalue weighted by Gasteiger charge is 2.24. The Hall–Kier alpha value is -1.02. The predicted octanol–water partition coefficient (Wildman–Crippen LogP) is 9.16. The molecule has 0 spiro atoms. The highest BCUT2D eigenvalue weighted by molar-refractivity contribution is 7.45. The van der Waals surface area contributed by atoms with Gasteiger partial charge in [-0.05, 0) is 44.9 Å². The molecule has 278 valence electrons. The van der Waals surface area contributed by atoms with Gasteiger partial charge >= 0.3 is 0 Å². The Morgan fingerprint density at radius 1 is 0.745 bits per heavy atom. The Morgan fingerprint density at radius 3 is 1.77 bits per heavy atom. The molecule has 1 amide bonds. The third-order valence-electron chi connectivity index (χ3n) is 8.44. The van der Waals surface area contributed by atoms with Gasteiger partial charge in [-0.25, -0.2) is 0 Å². The zero-order chi connectivity index (χ0) is 35.1. The van der Waals surface area contributed by atoms with Gasteiger partial charge in [0.25, 0.3) is 7.82 Å². The number of amides is 1. The first-order valence-electron chi connectivity index (χ1n) is 19.2. The van der Waals surface area contributed by atoms with Crippen LogP contribution in [0, 0.1) is 0 Å². The van der Waals surface area contributed by atoms with Gasteiger partial charge in [-0.3, -0.25) is 9.36 Å². The lowest BCUT2D eigenvalue weighted by Crippen LogP contribution is -2.46. The number of unbranched alkanes of at least 4 members (excludes halogenated alkanes) is 17. The third kappa shape index (κ3) is 33.3. The van der Waals surface area contributed by atoms with Crippen LogP contribution >= 0.6 is 7.82 Å². The van der Waals surface area contributed by atoms with E-state index in [1.54, 1.807) is 0 Å². The van der Waals surface area contributed by atoms with Crippen molar-refractivity contribution in [1.29, 1.82) is 0 Å². The van der Waals surface area contributed by atoms with Gasteiger partial charge in [0, 0.05) is 6.42 Å². The Balaban J connectivity index is 4.09. The lowest BCUT2D eigenvalue weighted by Gasteiger charge is -2.30. The smallest absolute Gasteiger partial charge is 0.268 e. The number of hydrogen-bond donors (Lipinski definition) is 2. The molecule has 3 atom stereocenters. The van der Waals surface area contributed by atoms with Crippen molar-refractivity contribution >= 4 is 13.7 Å². The maximum Gasteiger partial charge on any atom is 0.268 e. The van der Waals surface area contributed by atoms with E-state index in [9.17, 15) is 19.4 Å². The number of phosphoric ester groups is 1. The molecule has 0 bridgehead atoms. The molecule has 3 unspecified atom stereocenters. The number of phosphoric acid groups is 1. The first-order valence-corrected chi connectivity index (χ1v) is 20.6. The number of nitrogens with one attached hydrogen (secondary N) is 1. The molecular formula is C38H75N2O6P. The van der Waals surface area contributed by atoms with E-state index in [4.69, 9.17) is 9.05 Å². The molecule has 0 aliphatic heterocycles. The number of rotatable bonds is 34. The van der Waals surface area contributed by atoms with Crippen LogP contribution in [-0.2, 0) is 18.4 Å². The van der Waals surface area contributed by atoms with E-state index in [2.05, 4.69) is 43.5 Å². The maximum absolute atomic E-state index is 12.7. The Bertz CT molecular complexity index is 829. The Labute approximate surface area is 290 Å². The average Bonchev–Trinajstić information content (AvgIpc) is 3.01. The van der Waals surface area contributed by atoms with Crippen molar-refractivity contribution in [3.05, 3.63) is 24.3 Å². The van der Waals surface area contributed by atoms with Crippen LogP contribution in [0.15, 0.2) is 24.3 Å². The molecule has 0 aromatic carbocycles. The minimum Gasteiger partial charge on any atom is -0.756 e. The van der Waals surface area contributed by atoms with Crippen LogP contribution < -0.4 is 10.2 Å². The Morgan fingerprint density at radius 2 is 1.23 bits per heavy atom. The van der Waals surface area contributed by atoms with Crippen molar-refractivity contribution in [2.75, 3.05) is 40.9 Å². The van der Waals surface area contributed by atoms with E-state index in [1.807, 2.05) is 21.1 Å². The van der Waals surface area contributed by atoms with Gasteiger partial charge in [-0.15, -0.1) is 0 Å². The number of carbonyl (C=O) groups excluding carboxylic acids is 1. The summed E-state index contributed by atoms with van der Waals surface area (Å²) in [4.78, 5) is 25.0. The summed E-state index contributed by atoms with van der Waals surface area (Å²) < 4.78 is 22.9. The Kier molecular flexibility index (Phi) is 30.3. The van der Waals surface area contributed by atoms with Crippen molar-refractivity contribution in [2.45, 2.75) is 174 Å². The topological polar surface area (TPSA) is 108 Å². The fraction of sp³-hybridized carbons (Fsp3) is 0.868. The van der Waals surface area contributed by atoms with Gasteiger partial charge < -0.3 is 28.8 Å². The molecule has 0 aromatic heterocycles. The van der Waals surface area contributed by atoms with Gasteiger partial charge in [0.05, 0.1) is 39.9 Å². The van der Waals surface area contributed by atoms with Crippen molar-refractivity contribution in [2.24, 2.45) is 0 Å². The number of likely N-dealkylation sites (N-methyl/N-ethyl adjacent to an activating group) is 1. The second-order valence-electron chi connectivity index (χ2n) is 14.3. The summed E-state index contributed by atoms with van der Waals surface area (Å²) in [6, 6.07) is -0.796. The second-order valence-corrected chi connectivity index (χ2v) is 15.7. The minimum atomic E-state index is -4.54. The summed E-state index contributed by atoms with van der Waals surface area (Å²) in [5, 5.41) is 13.6. The van der Waals surface area contributed by atoms with Gasteiger partial charge in [-0.2, -0.15) is 0 Å². The van der Waals surface area contributed by atoms with Crippen LogP contribution in [0.25, 0.3) is 0 Å². The van der Waals surface area contributed by atoms with Crippen LogP contribution in [0.5, 0.6) is 0 Å². The highest BCUT2D eigenvalue weighted by Crippen LogP contribution is 2.38. The first kappa shape index (κ1) is 46.0. The molecule has 0 saturated carbocycles. The summed E-state index contributed by atoms with van der Waals surface area (Å²) in [6.07, 6.45) is 33.8. The van der Waals surface area contributed by atoms with Gasteiger partial charge in [0.2, 0.25) is 5.91 Å². The number of nitrogens with zero attached hydrogens (tertiary/aromatic N) is 1. The molecule has 0 fully saturated rings. The number of carbonyl (C=O) groups is 1. The molecule has 0 aromatic rings. The molecular weight excluding hydrogens is 611 g/mol. The lowest BCUT2D eigenvalue weighted by molar-refractivity contribution is -0.870. The molecule has 0 saturated heterocycles. The zero-order valence-electron chi connectivity index (χ0n) is 31.2. The summed E-state index contributed by atoms with van der Waals surface area (Å²) in [7, 11) is 1.29. The van der Waals surface area contributed by atoms with Crippen molar-refractivity contribution < 1.29 is 32.9 Å². The van der Waals surface area contributed by atoms with Gasteiger partial charge in [0.1, 0.15) is 13.2 Å². The van der Waals surface area contributed by atoms with Gasteiger partial charge in [-0.1, -0.05) is 134 Å². The van der Waals surface area contributed by atoms with Crippen molar-refractivity contribution in [1.82, 2.24) is 5.32 Å². The van der Waals surface area contributed by atoms with E-state index < -0.39 is 20.0 Å². The van der Waals surface area contributed by atoms with E-state index >= 15 is 0 Å². The highest BCUT2D eigenvalue weighted by atomic mass is 31.2. The number of allylic oxidation sites excluding steroid dienone is 4. The molecule has 0 radical (unpaired) electrons. The first-order chi connectivity index (χ1) is 22.5. The lowest BCUT2D eigenvalue weighted by atomic mass is 10.0. The van der Waals surface area contributed by atoms with Crippen LogP contribution in [0.3, 0.4) is 0 Å². The number of aliphatic hydroxyl groups excluding tert-OH is 1. The molecule has 0 aliphatic carbocycles. The third-order valence-corrected chi connectivity index (χ3v) is 9.41. The number of hydrogen-bond acceptors (Lipinski definition) is 6. The molecule has 0 aliphatic rings. The fourth-order valence-electron chi connectivity index (χ4n) is 5.30. The molecule has 8 nitrogen and oxygen atoms in total. The molecule has 47 heavy (non-hydrogen) atoms. The quantitative estimate of drug-likeness (QED) is 0.0303. The summed E-state index contributed by atoms with van der Waals surface area (Å²) in [5.41, 5.74) is 0. The molecule has 2 N–H and O–H groups in total. The van der Waals surface area contributed by atoms with Crippen molar-refractivity contribution in [3.8, 4) is 0 Å². The summed E-state index contributed by atoms with van der Waals surface area (Å²) in [5.74, 6) is -0.180. The van der Waals surface area contributed by atoms with Crippen LogP contribution in [0.2, 0.25) is 0 Å². The normalized spacial score (nSPS) is 15.0. The predicted molar refractivity (Wildman–Crippen MR) is 196 cm³/mol. The fourth-order valence-corrected chi connectivity index (χ4v) is 6.03. The number of aliphatic hydroxyl groups is 1. The number of quaternary nitrogens is 1. The summed E-state index contributed by atoms with van der Waals surface area (Å²) in [6.45, 7) is 4.56. The zero-order valence-corrected chi connectivity index (χ0v) is 32.1. The largest absolute Gasteiger partial charge is 0.756 e. The van der Waals surface area contributed by atoms with E-state index in [0.717, 1.165) is 51.4 Å². The average molecular weight is 687 g/mol. The standard InChI is InChI=1S/C38H75N2O6P/c1-6-8-10-12-13-14-15-16-17-18-19-20-21-22-23-24-25-26-27-28-30-32-38(42)39-36(37(41)31-29-11-9-7-2)35-46-47(43,44)45-34-33-40(3,4)5/h15-16,18-19,36-37,41H,6-14,17,20-35H2,1-5H3,(H-,39,42,43,44)/b16-15-,19-18-. The monoisotopic (exact) mass is 687 g/mol. The molecule has 0 heterocycles. The maximum atomic E-state index is 12.7. The minimum absolute atomic E-state index is 0.0100. The van der Waals surface area contributed by atoms with Gasteiger partial charge in [0.15, 0.2) is 0 Å². The SMILES string of the molecule is CCCCCCC/C=C\C/C=C\CCCCCCCCCCCC(=O)NC(COP(=O)([O-])OCC[N+](C)(C)C)C(O)CCCCCC. The van der Waals surface area contributed by atoms with Crippen molar-refractivity contribution in [3.63, 3.8) is 0 Å².